The average Bonchev–Trinajstić information content (AvgIpc) is 2.62. The third kappa shape index (κ3) is 4.65. The molecule has 1 aliphatic heterocycles. The van der Waals surface area contributed by atoms with Crippen molar-refractivity contribution in [2.45, 2.75) is 6.54 Å². The van der Waals surface area contributed by atoms with Gasteiger partial charge in [0.25, 0.3) is 0 Å². The van der Waals surface area contributed by atoms with Gasteiger partial charge in [0.15, 0.2) is 0 Å². The van der Waals surface area contributed by atoms with Crippen LogP contribution in [0.1, 0.15) is 5.56 Å². The smallest absolute Gasteiger partial charge is 0.317 e. The third-order valence-electron chi connectivity index (χ3n) is 4.25. The van der Waals surface area contributed by atoms with Crippen LogP contribution in [-0.2, 0) is 6.54 Å². The van der Waals surface area contributed by atoms with Crippen molar-refractivity contribution < 1.29 is 9.53 Å². The van der Waals surface area contributed by atoms with Gasteiger partial charge in [-0.1, -0.05) is 35.9 Å². The van der Waals surface area contributed by atoms with Gasteiger partial charge in [-0.3, -0.25) is 0 Å². The normalized spacial score (nSPS) is 15.0. The van der Waals surface area contributed by atoms with E-state index in [2.05, 4.69) is 17.3 Å². The van der Waals surface area contributed by atoms with Gasteiger partial charge in [0.2, 0.25) is 0 Å². The molecule has 0 spiro atoms. The summed E-state index contributed by atoms with van der Waals surface area (Å²) in [6, 6.07) is 14.9. The van der Waals surface area contributed by atoms with Crippen LogP contribution in [-0.4, -0.2) is 49.1 Å². The molecule has 0 aliphatic carbocycles. The van der Waals surface area contributed by atoms with Gasteiger partial charge in [0.05, 0.1) is 0 Å². The molecule has 0 saturated carbocycles. The third-order valence-corrected chi connectivity index (χ3v) is 4.61. The zero-order valence-electron chi connectivity index (χ0n) is 14.2. The van der Waals surface area contributed by atoms with Crippen LogP contribution in [0.4, 0.5) is 4.79 Å². The molecule has 25 heavy (non-hydrogen) atoms. The van der Waals surface area contributed by atoms with Crippen LogP contribution in [0.2, 0.25) is 5.02 Å². The first-order valence-electron chi connectivity index (χ1n) is 8.35. The second-order valence-corrected chi connectivity index (χ2v) is 6.49. The summed E-state index contributed by atoms with van der Waals surface area (Å²) in [5, 5.41) is 3.53. The lowest BCUT2D eigenvalue weighted by Crippen LogP contribution is -2.50. The standard InChI is InChI=1S/C19H22ClN3O2/c1-22-10-12-23(13-11-22)19(24)21-14-16-17(20)8-5-9-18(16)25-15-6-3-2-4-7-15/h2-9H,10-14H2,1H3,(H,21,24). The fourth-order valence-electron chi connectivity index (χ4n) is 2.71. The van der Waals surface area contributed by atoms with Crippen molar-refractivity contribution in [2.24, 2.45) is 0 Å². The lowest BCUT2D eigenvalue weighted by molar-refractivity contribution is 0.154. The molecule has 1 fully saturated rings. The van der Waals surface area contributed by atoms with E-state index in [4.69, 9.17) is 16.3 Å². The van der Waals surface area contributed by atoms with Crippen molar-refractivity contribution in [3.63, 3.8) is 0 Å². The van der Waals surface area contributed by atoms with Crippen LogP contribution >= 0.6 is 11.6 Å². The van der Waals surface area contributed by atoms with Gasteiger partial charge in [-0.15, -0.1) is 0 Å². The minimum absolute atomic E-state index is 0.0707. The summed E-state index contributed by atoms with van der Waals surface area (Å²) in [5.41, 5.74) is 0.774. The fraction of sp³-hybridized carbons (Fsp3) is 0.316. The van der Waals surface area contributed by atoms with Crippen LogP contribution in [0.25, 0.3) is 0 Å². The highest BCUT2D eigenvalue weighted by molar-refractivity contribution is 6.31. The van der Waals surface area contributed by atoms with Crippen molar-refractivity contribution in [3.8, 4) is 11.5 Å². The summed E-state index contributed by atoms with van der Waals surface area (Å²) in [6.07, 6.45) is 0. The Morgan fingerprint density at radius 2 is 1.80 bits per heavy atom. The first kappa shape index (κ1) is 17.6. The van der Waals surface area contributed by atoms with Gasteiger partial charge in [-0.05, 0) is 31.3 Å². The van der Waals surface area contributed by atoms with Gasteiger partial charge < -0.3 is 19.9 Å². The van der Waals surface area contributed by atoms with E-state index in [1.165, 1.54) is 0 Å². The summed E-state index contributed by atoms with van der Waals surface area (Å²) in [4.78, 5) is 16.4. The van der Waals surface area contributed by atoms with Crippen LogP contribution in [0, 0.1) is 0 Å². The summed E-state index contributed by atoms with van der Waals surface area (Å²) in [5.74, 6) is 1.38. The number of carbonyl (C=O) groups is 1. The lowest BCUT2D eigenvalue weighted by atomic mass is 10.2. The number of nitrogens with zero attached hydrogens (tertiary/aromatic N) is 2. The van der Waals surface area contributed by atoms with E-state index < -0.39 is 0 Å². The molecule has 0 bridgehead atoms. The molecule has 0 radical (unpaired) electrons. The Kier molecular flexibility index (Phi) is 5.79. The predicted octanol–water partition coefficient (Wildman–Crippen LogP) is 3.59. The number of halogens is 1. The van der Waals surface area contributed by atoms with Crippen molar-refractivity contribution in [1.82, 2.24) is 15.1 Å². The minimum Gasteiger partial charge on any atom is -0.457 e. The first-order valence-corrected chi connectivity index (χ1v) is 8.73. The van der Waals surface area contributed by atoms with Crippen LogP contribution in [0.3, 0.4) is 0 Å². The number of hydrogen-bond donors (Lipinski definition) is 1. The molecule has 6 heteroatoms. The average molecular weight is 360 g/mol. The number of para-hydroxylation sites is 1. The Balaban J connectivity index is 1.66. The molecule has 2 amide bonds. The molecule has 1 saturated heterocycles. The molecular formula is C19H22ClN3O2. The molecule has 3 rings (SSSR count). The number of nitrogens with one attached hydrogen (secondary N) is 1. The quantitative estimate of drug-likeness (QED) is 0.907. The number of likely N-dealkylation sites (N-methyl/N-ethyl adjacent to an activating group) is 1. The van der Waals surface area contributed by atoms with Gasteiger partial charge in [0.1, 0.15) is 11.5 Å². The Bertz CT molecular complexity index is 716. The maximum atomic E-state index is 12.4. The highest BCUT2D eigenvalue weighted by Crippen LogP contribution is 2.30. The lowest BCUT2D eigenvalue weighted by Gasteiger charge is -2.32. The number of carbonyl (C=O) groups excluding carboxylic acids is 1. The fourth-order valence-corrected chi connectivity index (χ4v) is 2.94. The number of benzene rings is 2. The highest BCUT2D eigenvalue weighted by Gasteiger charge is 2.19. The molecule has 132 valence electrons. The van der Waals surface area contributed by atoms with E-state index in [0.29, 0.717) is 17.3 Å². The SMILES string of the molecule is CN1CCN(C(=O)NCc2c(Cl)cccc2Oc2ccccc2)CC1. The van der Waals surface area contributed by atoms with E-state index in [0.717, 1.165) is 37.5 Å². The van der Waals surface area contributed by atoms with Gasteiger partial charge in [-0.25, -0.2) is 4.79 Å². The van der Waals surface area contributed by atoms with Crippen LogP contribution in [0.15, 0.2) is 48.5 Å². The van der Waals surface area contributed by atoms with Gasteiger partial charge in [0, 0.05) is 43.3 Å². The molecule has 5 nitrogen and oxygen atoms in total. The van der Waals surface area contributed by atoms with E-state index in [-0.39, 0.29) is 6.03 Å². The van der Waals surface area contributed by atoms with Gasteiger partial charge in [-0.2, -0.15) is 0 Å². The Hall–Kier alpha value is -2.24. The number of piperazine rings is 1. The van der Waals surface area contributed by atoms with E-state index in [9.17, 15) is 4.79 Å². The molecule has 1 N–H and O–H groups in total. The molecule has 1 heterocycles. The van der Waals surface area contributed by atoms with Crippen molar-refractivity contribution in [2.75, 3.05) is 33.2 Å². The largest absolute Gasteiger partial charge is 0.457 e. The maximum Gasteiger partial charge on any atom is 0.317 e. The minimum atomic E-state index is -0.0707. The molecule has 0 aromatic heterocycles. The topological polar surface area (TPSA) is 44.8 Å². The predicted molar refractivity (Wildman–Crippen MR) is 99.3 cm³/mol. The second kappa shape index (κ2) is 8.23. The number of hydrogen-bond acceptors (Lipinski definition) is 3. The van der Waals surface area contributed by atoms with Gasteiger partial charge >= 0.3 is 6.03 Å². The molecule has 1 aliphatic rings. The number of amides is 2. The Labute approximate surface area is 153 Å². The Morgan fingerprint density at radius 1 is 1.08 bits per heavy atom. The number of ether oxygens (including phenoxy) is 1. The molecular weight excluding hydrogens is 338 g/mol. The summed E-state index contributed by atoms with van der Waals surface area (Å²) in [7, 11) is 2.06. The van der Waals surface area contributed by atoms with Crippen molar-refractivity contribution in [1.29, 1.82) is 0 Å². The van der Waals surface area contributed by atoms with Crippen molar-refractivity contribution >= 4 is 17.6 Å². The summed E-state index contributed by atoms with van der Waals surface area (Å²) in [6.45, 7) is 3.58. The highest BCUT2D eigenvalue weighted by atomic mass is 35.5. The zero-order chi connectivity index (χ0) is 17.6. The van der Waals surface area contributed by atoms with Crippen molar-refractivity contribution in [3.05, 3.63) is 59.1 Å². The zero-order valence-corrected chi connectivity index (χ0v) is 15.0. The number of urea groups is 1. The molecule has 0 atom stereocenters. The van der Waals surface area contributed by atoms with E-state index in [1.807, 2.05) is 47.4 Å². The number of rotatable bonds is 4. The van der Waals surface area contributed by atoms with E-state index >= 15 is 0 Å². The molecule has 0 unspecified atom stereocenters. The maximum absolute atomic E-state index is 12.4. The molecule has 2 aromatic rings. The monoisotopic (exact) mass is 359 g/mol. The van der Waals surface area contributed by atoms with Crippen LogP contribution in [0.5, 0.6) is 11.5 Å². The first-order chi connectivity index (χ1) is 12.1. The summed E-state index contributed by atoms with van der Waals surface area (Å²) < 4.78 is 5.93. The summed E-state index contributed by atoms with van der Waals surface area (Å²) >= 11 is 6.33. The molecule has 2 aromatic carbocycles. The Morgan fingerprint density at radius 3 is 2.52 bits per heavy atom. The van der Waals surface area contributed by atoms with Crippen LogP contribution < -0.4 is 10.1 Å². The van der Waals surface area contributed by atoms with E-state index in [1.54, 1.807) is 6.07 Å². The second-order valence-electron chi connectivity index (χ2n) is 6.08.